The molecule has 1 aliphatic rings. The van der Waals surface area contributed by atoms with Gasteiger partial charge in [0.1, 0.15) is 11.8 Å². The van der Waals surface area contributed by atoms with Gasteiger partial charge in [0, 0.05) is 32.2 Å². The molecule has 1 atom stereocenters. The number of ether oxygens (including phenoxy) is 2. The molecule has 174 valence electrons. The molecular formula is C23H31N3O5S. The summed E-state index contributed by atoms with van der Waals surface area (Å²) in [6.07, 6.45) is 1.09. The Hall–Kier alpha value is -2.62. The molecule has 8 nitrogen and oxygen atoms in total. The van der Waals surface area contributed by atoms with Crippen molar-refractivity contribution < 1.29 is 22.7 Å². The van der Waals surface area contributed by atoms with Crippen molar-refractivity contribution >= 4 is 21.6 Å². The highest BCUT2D eigenvalue weighted by atomic mass is 32.2. The molecule has 9 heteroatoms. The van der Waals surface area contributed by atoms with E-state index in [1.165, 1.54) is 12.7 Å². The molecule has 2 aromatic rings. The highest BCUT2D eigenvalue weighted by Crippen LogP contribution is 2.25. The molecule has 0 bridgehead atoms. The van der Waals surface area contributed by atoms with Crippen molar-refractivity contribution in [1.29, 1.82) is 0 Å². The Labute approximate surface area is 190 Å². The molecule has 1 amide bonds. The van der Waals surface area contributed by atoms with Crippen LogP contribution in [0, 0.1) is 0 Å². The highest BCUT2D eigenvalue weighted by molar-refractivity contribution is 7.92. The van der Waals surface area contributed by atoms with Crippen molar-refractivity contribution in [2.24, 2.45) is 0 Å². The van der Waals surface area contributed by atoms with Crippen molar-refractivity contribution in [1.82, 2.24) is 10.2 Å². The zero-order chi connectivity index (χ0) is 23.1. The van der Waals surface area contributed by atoms with E-state index in [4.69, 9.17) is 9.47 Å². The highest BCUT2D eigenvalue weighted by Gasteiger charge is 2.29. The van der Waals surface area contributed by atoms with Gasteiger partial charge in [0.15, 0.2) is 0 Å². The summed E-state index contributed by atoms with van der Waals surface area (Å²) in [5.74, 6) is 0.137. The minimum absolute atomic E-state index is 0.315. The van der Waals surface area contributed by atoms with E-state index in [0.717, 1.165) is 49.0 Å². The summed E-state index contributed by atoms with van der Waals surface area (Å²) in [6.45, 7) is 6.03. The topological polar surface area (TPSA) is 88.2 Å². The molecule has 0 unspecified atom stereocenters. The van der Waals surface area contributed by atoms with Gasteiger partial charge in [0.2, 0.25) is 15.9 Å². The number of anilines is 1. The molecule has 32 heavy (non-hydrogen) atoms. The van der Waals surface area contributed by atoms with Crippen LogP contribution in [0.4, 0.5) is 5.69 Å². The van der Waals surface area contributed by atoms with Crippen LogP contribution in [0.15, 0.2) is 48.5 Å². The van der Waals surface area contributed by atoms with Crippen LogP contribution in [0.1, 0.15) is 18.1 Å². The van der Waals surface area contributed by atoms with E-state index in [0.29, 0.717) is 18.0 Å². The summed E-state index contributed by atoms with van der Waals surface area (Å²) in [6, 6.07) is 13.8. The second kappa shape index (κ2) is 10.8. The lowest BCUT2D eigenvalue weighted by molar-refractivity contribution is -0.122. The van der Waals surface area contributed by atoms with Gasteiger partial charge < -0.3 is 14.8 Å². The summed E-state index contributed by atoms with van der Waals surface area (Å²) >= 11 is 0. The zero-order valence-electron chi connectivity index (χ0n) is 18.8. The molecule has 0 spiro atoms. The van der Waals surface area contributed by atoms with Crippen molar-refractivity contribution in [3.05, 3.63) is 59.7 Å². The fraction of sp³-hybridized carbons (Fsp3) is 0.435. The van der Waals surface area contributed by atoms with Crippen LogP contribution in [0.5, 0.6) is 5.75 Å². The van der Waals surface area contributed by atoms with E-state index in [1.807, 2.05) is 12.1 Å². The van der Waals surface area contributed by atoms with Gasteiger partial charge in [-0.3, -0.25) is 14.0 Å². The number of benzene rings is 2. The van der Waals surface area contributed by atoms with Crippen molar-refractivity contribution in [2.75, 3.05) is 44.0 Å². The van der Waals surface area contributed by atoms with Crippen LogP contribution in [0.3, 0.4) is 0 Å². The Bertz CT molecular complexity index is 1020. The van der Waals surface area contributed by atoms with Gasteiger partial charge in [-0.25, -0.2) is 8.42 Å². The van der Waals surface area contributed by atoms with Crippen LogP contribution in [-0.4, -0.2) is 64.9 Å². The van der Waals surface area contributed by atoms with Gasteiger partial charge in [0.05, 0.1) is 32.3 Å². The summed E-state index contributed by atoms with van der Waals surface area (Å²) in [5.41, 5.74) is 2.51. The monoisotopic (exact) mass is 461 g/mol. The second-order valence-corrected chi connectivity index (χ2v) is 9.72. The van der Waals surface area contributed by atoms with Crippen molar-refractivity contribution in [3.63, 3.8) is 0 Å². The number of amides is 1. The summed E-state index contributed by atoms with van der Waals surface area (Å²) in [7, 11) is -2.18. The number of hydrogen-bond donors (Lipinski definition) is 1. The molecule has 1 fully saturated rings. The zero-order valence-corrected chi connectivity index (χ0v) is 19.6. The van der Waals surface area contributed by atoms with E-state index in [1.54, 1.807) is 31.2 Å². The van der Waals surface area contributed by atoms with Gasteiger partial charge in [0.25, 0.3) is 0 Å². The molecular weight excluding hydrogens is 430 g/mol. The standard InChI is InChI=1S/C23H31N3O5S/c1-18(26(32(3,28)29)21-8-5-9-22(15-21)30-2)23(27)24-16-19-6-4-7-20(14-19)17-25-10-12-31-13-11-25/h4-9,14-15,18H,10-13,16-17H2,1-3H3,(H,24,27)/t18-/m1/s1. The van der Waals surface area contributed by atoms with Crippen LogP contribution in [-0.2, 0) is 32.6 Å². The fourth-order valence-corrected chi connectivity index (χ4v) is 4.92. The molecule has 1 N–H and O–H groups in total. The Kier molecular flexibility index (Phi) is 8.11. The minimum Gasteiger partial charge on any atom is -0.497 e. The molecule has 0 aliphatic carbocycles. The van der Waals surface area contributed by atoms with Gasteiger partial charge in [-0.15, -0.1) is 0 Å². The smallest absolute Gasteiger partial charge is 0.243 e. The molecule has 1 heterocycles. The van der Waals surface area contributed by atoms with E-state index in [2.05, 4.69) is 22.3 Å². The number of nitrogens with zero attached hydrogens (tertiary/aromatic N) is 2. The van der Waals surface area contributed by atoms with E-state index in [-0.39, 0.29) is 5.91 Å². The molecule has 3 rings (SSSR count). The summed E-state index contributed by atoms with van der Waals surface area (Å²) < 4.78 is 36.7. The van der Waals surface area contributed by atoms with Crippen molar-refractivity contribution in [3.8, 4) is 5.75 Å². The quantitative estimate of drug-likeness (QED) is 0.615. The average molecular weight is 462 g/mol. The van der Waals surface area contributed by atoms with Crippen LogP contribution < -0.4 is 14.4 Å². The number of nitrogens with one attached hydrogen (secondary N) is 1. The van der Waals surface area contributed by atoms with Crippen LogP contribution in [0.25, 0.3) is 0 Å². The summed E-state index contributed by atoms with van der Waals surface area (Å²) in [5, 5.41) is 2.87. The lowest BCUT2D eigenvalue weighted by Crippen LogP contribution is -2.47. The number of carbonyl (C=O) groups is 1. The fourth-order valence-electron chi connectivity index (χ4n) is 3.75. The maximum absolute atomic E-state index is 12.9. The predicted octanol–water partition coefficient (Wildman–Crippen LogP) is 2.00. The third-order valence-corrected chi connectivity index (χ3v) is 6.61. The number of hydrogen-bond acceptors (Lipinski definition) is 6. The molecule has 1 saturated heterocycles. The number of carbonyl (C=O) groups excluding carboxylic acids is 1. The third-order valence-electron chi connectivity index (χ3n) is 5.36. The first-order chi connectivity index (χ1) is 15.3. The largest absolute Gasteiger partial charge is 0.497 e. The SMILES string of the molecule is COc1cccc(N([C@H](C)C(=O)NCc2cccc(CN3CCOCC3)c2)S(C)(=O)=O)c1. The van der Waals surface area contributed by atoms with Gasteiger partial charge in [-0.05, 0) is 30.2 Å². The normalized spacial score (nSPS) is 15.7. The molecule has 0 radical (unpaired) electrons. The van der Waals surface area contributed by atoms with Crippen LogP contribution in [0.2, 0.25) is 0 Å². The van der Waals surface area contributed by atoms with E-state index >= 15 is 0 Å². The second-order valence-electron chi connectivity index (χ2n) is 7.86. The first kappa shape index (κ1) is 24.0. The summed E-state index contributed by atoms with van der Waals surface area (Å²) in [4.78, 5) is 15.2. The number of methoxy groups -OCH3 is 1. The van der Waals surface area contributed by atoms with E-state index < -0.39 is 16.1 Å². The third kappa shape index (κ3) is 6.44. The van der Waals surface area contributed by atoms with Gasteiger partial charge in [-0.1, -0.05) is 30.3 Å². The van der Waals surface area contributed by atoms with Crippen LogP contribution >= 0.6 is 0 Å². The van der Waals surface area contributed by atoms with Gasteiger partial charge >= 0.3 is 0 Å². The Morgan fingerprint density at radius 1 is 1.16 bits per heavy atom. The Balaban J connectivity index is 1.66. The first-order valence-electron chi connectivity index (χ1n) is 10.6. The maximum Gasteiger partial charge on any atom is 0.243 e. The number of morpholine rings is 1. The Morgan fingerprint density at radius 2 is 1.84 bits per heavy atom. The minimum atomic E-state index is -3.69. The number of sulfonamides is 1. The lowest BCUT2D eigenvalue weighted by Gasteiger charge is -2.28. The maximum atomic E-state index is 12.9. The molecule has 1 aliphatic heterocycles. The predicted molar refractivity (Wildman–Crippen MR) is 124 cm³/mol. The van der Waals surface area contributed by atoms with E-state index in [9.17, 15) is 13.2 Å². The molecule has 0 aromatic heterocycles. The Morgan fingerprint density at radius 3 is 2.53 bits per heavy atom. The average Bonchev–Trinajstić information content (AvgIpc) is 2.77. The molecule has 2 aromatic carbocycles. The lowest BCUT2D eigenvalue weighted by atomic mass is 10.1. The first-order valence-corrected chi connectivity index (χ1v) is 12.4. The van der Waals surface area contributed by atoms with Gasteiger partial charge in [-0.2, -0.15) is 0 Å². The molecule has 0 saturated carbocycles. The van der Waals surface area contributed by atoms with Crippen molar-refractivity contribution in [2.45, 2.75) is 26.1 Å². The number of rotatable bonds is 9.